The number of anilines is 2. The Labute approximate surface area is 167 Å². The molecule has 1 N–H and O–H groups in total. The highest BCUT2D eigenvalue weighted by Gasteiger charge is 2.41. The summed E-state index contributed by atoms with van der Waals surface area (Å²) in [4.78, 5) is 29.4. The van der Waals surface area contributed by atoms with E-state index >= 15 is 0 Å². The van der Waals surface area contributed by atoms with Gasteiger partial charge in [-0.1, -0.05) is 30.3 Å². The van der Waals surface area contributed by atoms with Gasteiger partial charge in [0, 0.05) is 35.8 Å². The first-order valence-electron chi connectivity index (χ1n) is 9.30. The van der Waals surface area contributed by atoms with Gasteiger partial charge < -0.3 is 15.1 Å². The third-order valence-corrected chi connectivity index (χ3v) is 5.96. The Morgan fingerprint density at radius 3 is 2.52 bits per heavy atom. The molecule has 0 aliphatic carbocycles. The van der Waals surface area contributed by atoms with Crippen LogP contribution in [0, 0.1) is 5.92 Å². The van der Waals surface area contributed by atoms with Crippen LogP contribution in [0.15, 0.2) is 59.1 Å². The molecule has 4 rings (SSSR count). The molecule has 27 heavy (non-hydrogen) atoms. The van der Waals surface area contributed by atoms with Crippen LogP contribution < -0.4 is 10.2 Å². The molecule has 2 unspecified atom stereocenters. The summed E-state index contributed by atoms with van der Waals surface area (Å²) in [6.45, 7) is 1.92. The van der Waals surface area contributed by atoms with Crippen molar-refractivity contribution in [2.45, 2.75) is 18.9 Å². The average Bonchev–Trinajstić information content (AvgIpc) is 3.29. The monoisotopic (exact) mass is 427 g/mol. The molecule has 2 aliphatic heterocycles. The van der Waals surface area contributed by atoms with E-state index in [1.54, 1.807) is 4.90 Å². The number of rotatable bonds is 4. The molecule has 2 fully saturated rings. The summed E-state index contributed by atoms with van der Waals surface area (Å²) >= 11 is 3.50. The standard InChI is InChI=1S/C21H22BrN3O2/c22-18-8-4-5-9-19(18)25-13-11-17(21(25)27)20(26)24-12-10-16(14-24)23-15-6-2-1-3-7-15/h1-9,16-17,23H,10-14H2. The number of para-hydroxylation sites is 2. The van der Waals surface area contributed by atoms with Crippen molar-refractivity contribution in [2.75, 3.05) is 29.9 Å². The number of benzene rings is 2. The first kappa shape index (κ1) is 18.0. The van der Waals surface area contributed by atoms with E-state index in [2.05, 4.69) is 21.2 Å². The number of carbonyl (C=O) groups is 2. The molecule has 0 saturated carbocycles. The molecule has 0 aromatic heterocycles. The highest BCUT2D eigenvalue weighted by atomic mass is 79.9. The molecule has 2 saturated heterocycles. The molecule has 0 spiro atoms. The van der Waals surface area contributed by atoms with Crippen molar-refractivity contribution in [1.82, 2.24) is 4.90 Å². The fraction of sp³-hybridized carbons (Fsp3) is 0.333. The molecule has 0 bridgehead atoms. The lowest BCUT2D eigenvalue weighted by Crippen LogP contribution is -2.40. The number of likely N-dealkylation sites (tertiary alicyclic amines) is 1. The highest BCUT2D eigenvalue weighted by molar-refractivity contribution is 9.10. The summed E-state index contributed by atoms with van der Waals surface area (Å²) in [5.41, 5.74) is 1.90. The van der Waals surface area contributed by atoms with Crippen LogP contribution in [0.3, 0.4) is 0 Å². The Bertz CT molecular complexity index is 842. The number of amides is 2. The fourth-order valence-electron chi connectivity index (χ4n) is 3.89. The van der Waals surface area contributed by atoms with Gasteiger partial charge in [0.25, 0.3) is 0 Å². The van der Waals surface area contributed by atoms with E-state index in [-0.39, 0.29) is 17.9 Å². The topological polar surface area (TPSA) is 52.7 Å². The van der Waals surface area contributed by atoms with Crippen molar-refractivity contribution in [3.63, 3.8) is 0 Å². The van der Waals surface area contributed by atoms with E-state index in [9.17, 15) is 9.59 Å². The zero-order valence-electron chi connectivity index (χ0n) is 15.0. The van der Waals surface area contributed by atoms with E-state index < -0.39 is 5.92 Å². The minimum atomic E-state index is -0.562. The summed E-state index contributed by atoms with van der Waals surface area (Å²) in [5.74, 6) is -0.689. The summed E-state index contributed by atoms with van der Waals surface area (Å²) < 4.78 is 0.875. The van der Waals surface area contributed by atoms with Gasteiger partial charge in [0.15, 0.2) is 0 Å². The van der Waals surface area contributed by atoms with Gasteiger partial charge in [0.2, 0.25) is 11.8 Å². The first-order chi connectivity index (χ1) is 13.1. The van der Waals surface area contributed by atoms with Gasteiger partial charge >= 0.3 is 0 Å². The van der Waals surface area contributed by atoms with E-state index in [1.807, 2.05) is 59.5 Å². The summed E-state index contributed by atoms with van der Waals surface area (Å²) in [6, 6.07) is 17.9. The Morgan fingerprint density at radius 1 is 1.00 bits per heavy atom. The summed E-state index contributed by atoms with van der Waals surface area (Å²) in [7, 11) is 0. The van der Waals surface area contributed by atoms with Crippen LogP contribution in [0.1, 0.15) is 12.8 Å². The Kier molecular flexibility index (Phi) is 5.16. The maximum Gasteiger partial charge on any atom is 0.239 e. The molecule has 2 atom stereocenters. The van der Waals surface area contributed by atoms with Crippen LogP contribution in [0.2, 0.25) is 0 Å². The minimum Gasteiger partial charge on any atom is -0.380 e. The molecule has 2 aromatic rings. The number of carbonyl (C=O) groups excluding carboxylic acids is 2. The molecule has 5 nitrogen and oxygen atoms in total. The lowest BCUT2D eigenvalue weighted by molar-refractivity contribution is -0.139. The number of nitrogens with one attached hydrogen (secondary N) is 1. The van der Waals surface area contributed by atoms with Gasteiger partial charge in [-0.25, -0.2) is 0 Å². The van der Waals surface area contributed by atoms with Gasteiger partial charge in [-0.3, -0.25) is 9.59 Å². The van der Waals surface area contributed by atoms with Crippen LogP contribution in [-0.4, -0.2) is 42.4 Å². The summed E-state index contributed by atoms with van der Waals surface area (Å²) in [6.07, 6.45) is 1.47. The first-order valence-corrected chi connectivity index (χ1v) is 10.1. The van der Waals surface area contributed by atoms with Crippen LogP contribution >= 0.6 is 15.9 Å². The number of halogens is 1. The van der Waals surface area contributed by atoms with Crippen molar-refractivity contribution in [3.05, 3.63) is 59.1 Å². The van der Waals surface area contributed by atoms with Crippen molar-refractivity contribution in [2.24, 2.45) is 5.92 Å². The lowest BCUT2D eigenvalue weighted by atomic mass is 10.1. The van der Waals surface area contributed by atoms with Crippen molar-refractivity contribution >= 4 is 39.1 Å². The van der Waals surface area contributed by atoms with Gasteiger partial charge in [-0.15, -0.1) is 0 Å². The normalized spacial score (nSPS) is 22.3. The molecule has 2 aliphatic rings. The quantitative estimate of drug-likeness (QED) is 0.759. The van der Waals surface area contributed by atoms with Crippen molar-refractivity contribution in [1.29, 1.82) is 0 Å². The van der Waals surface area contributed by atoms with E-state index in [4.69, 9.17) is 0 Å². The van der Waals surface area contributed by atoms with Gasteiger partial charge in [-0.05, 0) is 53.0 Å². The maximum atomic E-state index is 13.0. The van der Waals surface area contributed by atoms with E-state index in [0.717, 1.165) is 22.3 Å². The fourth-order valence-corrected chi connectivity index (χ4v) is 4.39. The predicted octanol–water partition coefficient (Wildman–Crippen LogP) is 3.52. The van der Waals surface area contributed by atoms with Gasteiger partial charge in [0.1, 0.15) is 5.92 Å². The molecule has 6 heteroatoms. The third-order valence-electron chi connectivity index (χ3n) is 5.29. The Hall–Kier alpha value is -2.34. The van der Waals surface area contributed by atoms with Crippen LogP contribution in [-0.2, 0) is 9.59 Å². The number of hydrogen-bond acceptors (Lipinski definition) is 3. The molecular formula is C21H22BrN3O2. The van der Waals surface area contributed by atoms with Crippen LogP contribution in [0.25, 0.3) is 0 Å². The Balaban J connectivity index is 1.39. The number of hydrogen-bond donors (Lipinski definition) is 1. The highest BCUT2D eigenvalue weighted by Crippen LogP contribution is 2.32. The molecule has 2 heterocycles. The molecule has 0 radical (unpaired) electrons. The minimum absolute atomic E-state index is 0.0353. The zero-order valence-corrected chi connectivity index (χ0v) is 16.6. The van der Waals surface area contributed by atoms with Crippen LogP contribution in [0.5, 0.6) is 0 Å². The zero-order chi connectivity index (χ0) is 18.8. The second kappa shape index (κ2) is 7.72. The third kappa shape index (κ3) is 3.72. The smallest absolute Gasteiger partial charge is 0.239 e. The van der Waals surface area contributed by atoms with E-state index in [1.165, 1.54) is 0 Å². The van der Waals surface area contributed by atoms with Crippen molar-refractivity contribution < 1.29 is 9.59 Å². The van der Waals surface area contributed by atoms with Crippen LogP contribution in [0.4, 0.5) is 11.4 Å². The average molecular weight is 428 g/mol. The lowest BCUT2D eigenvalue weighted by Gasteiger charge is -2.22. The number of nitrogens with zero attached hydrogens (tertiary/aromatic N) is 2. The molecule has 2 amide bonds. The largest absolute Gasteiger partial charge is 0.380 e. The van der Waals surface area contributed by atoms with Gasteiger partial charge in [0.05, 0.1) is 5.69 Å². The maximum absolute atomic E-state index is 13.0. The molecule has 140 valence electrons. The molecule has 2 aromatic carbocycles. The summed E-state index contributed by atoms with van der Waals surface area (Å²) in [5, 5.41) is 3.47. The Morgan fingerprint density at radius 2 is 1.74 bits per heavy atom. The van der Waals surface area contributed by atoms with E-state index in [0.29, 0.717) is 26.1 Å². The van der Waals surface area contributed by atoms with Crippen molar-refractivity contribution in [3.8, 4) is 0 Å². The second-order valence-electron chi connectivity index (χ2n) is 7.06. The van der Waals surface area contributed by atoms with Gasteiger partial charge in [-0.2, -0.15) is 0 Å². The predicted molar refractivity (Wildman–Crippen MR) is 110 cm³/mol. The SMILES string of the molecule is O=C(C1CCN(c2ccccc2Br)C1=O)N1CCC(Nc2ccccc2)C1. The molecular weight excluding hydrogens is 406 g/mol. The second-order valence-corrected chi connectivity index (χ2v) is 7.92.